The summed E-state index contributed by atoms with van der Waals surface area (Å²) >= 11 is 5.05. The molecule has 7 heteroatoms. The normalized spacial score (nSPS) is 10.9. The highest BCUT2D eigenvalue weighted by Gasteiger charge is 2.10. The van der Waals surface area contributed by atoms with Crippen molar-refractivity contribution in [2.45, 2.75) is 19.4 Å². The van der Waals surface area contributed by atoms with Gasteiger partial charge in [0.05, 0.1) is 4.88 Å². The Morgan fingerprint density at radius 1 is 1.44 bits per heavy atom. The van der Waals surface area contributed by atoms with Crippen molar-refractivity contribution >= 4 is 27.3 Å². The molecule has 86 valence electrons. The summed E-state index contributed by atoms with van der Waals surface area (Å²) in [6.45, 7) is 1.52. The summed E-state index contributed by atoms with van der Waals surface area (Å²) in [5, 5.41) is 13.8. The fourth-order valence-corrected chi connectivity index (χ4v) is 2.78. The van der Waals surface area contributed by atoms with E-state index >= 15 is 0 Å². The molecule has 0 saturated carbocycles. The number of tetrazole rings is 1. The number of hydrogen-bond donors (Lipinski definition) is 1. The minimum Gasteiger partial charge on any atom is -0.330 e. The van der Waals surface area contributed by atoms with E-state index < -0.39 is 0 Å². The number of hydrogen-bond acceptors (Lipinski definition) is 5. The Bertz CT molecular complexity index is 452. The van der Waals surface area contributed by atoms with Crippen LogP contribution in [0.2, 0.25) is 0 Å². The Balaban J connectivity index is 2.12. The Hall–Kier alpha value is -0.790. The lowest BCUT2D eigenvalue weighted by Gasteiger charge is -2.01. The number of unbranched alkanes of at least 4 members (excludes halogenated alkanes) is 1. The van der Waals surface area contributed by atoms with Crippen molar-refractivity contribution in [1.82, 2.24) is 20.2 Å². The molecule has 0 radical (unpaired) electrons. The molecule has 2 rings (SSSR count). The van der Waals surface area contributed by atoms with Gasteiger partial charge in [-0.05, 0) is 51.8 Å². The van der Waals surface area contributed by atoms with Crippen molar-refractivity contribution in [2.75, 3.05) is 6.54 Å². The molecule has 2 aromatic rings. The predicted octanol–water partition coefficient (Wildman–Crippen LogP) is 1.90. The molecule has 0 aliphatic heterocycles. The molecule has 0 spiro atoms. The van der Waals surface area contributed by atoms with E-state index in [9.17, 15) is 0 Å². The molecule has 0 saturated heterocycles. The van der Waals surface area contributed by atoms with E-state index in [1.54, 1.807) is 11.3 Å². The van der Waals surface area contributed by atoms with Gasteiger partial charge in [0.2, 0.25) is 0 Å². The second-order valence-electron chi connectivity index (χ2n) is 3.35. The van der Waals surface area contributed by atoms with Gasteiger partial charge in [-0.15, -0.1) is 16.4 Å². The molecule has 2 aromatic heterocycles. The maximum absolute atomic E-state index is 5.46. The van der Waals surface area contributed by atoms with Crippen LogP contribution >= 0.6 is 27.3 Å². The van der Waals surface area contributed by atoms with Gasteiger partial charge in [-0.1, -0.05) is 0 Å². The van der Waals surface area contributed by atoms with Crippen molar-refractivity contribution in [3.8, 4) is 10.7 Å². The van der Waals surface area contributed by atoms with Gasteiger partial charge >= 0.3 is 0 Å². The van der Waals surface area contributed by atoms with E-state index in [1.165, 1.54) is 0 Å². The standard InChI is InChI=1S/C9H12BrN5S/c10-7-5-8(16-6-7)9-12-13-14-15(9)4-2-1-3-11/h5-6H,1-4,11H2. The van der Waals surface area contributed by atoms with Gasteiger partial charge in [-0.3, -0.25) is 0 Å². The average Bonchev–Trinajstić information content (AvgIpc) is 2.87. The Morgan fingerprint density at radius 3 is 3.00 bits per heavy atom. The lowest BCUT2D eigenvalue weighted by atomic mass is 10.3. The number of aryl methyl sites for hydroxylation is 1. The van der Waals surface area contributed by atoms with Crippen LogP contribution < -0.4 is 5.73 Å². The van der Waals surface area contributed by atoms with Gasteiger partial charge in [0.25, 0.3) is 0 Å². The first-order valence-corrected chi connectivity index (χ1v) is 6.69. The predicted molar refractivity (Wildman–Crippen MR) is 67.1 cm³/mol. The van der Waals surface area contributed by atoms with E-state index in [-0.39, 0.29) is 0 Å². The maximum atomic E-state index is 5.46. The summed E-state index contributed by atoms with van der Waals surface area (Å²) in [7, 11) is 0. The minimum absolute atomic E-state index is 0.710. The van der Waals surface area contributed by atoms with Crippen molar-refractivity contribution < 1.29 is 0 Å². The fourth-order valence-electron chi connectivity index (χ4n) is 1.37. The van der Waals surface area contributed by atoms with E-state index in [1.807, 2.05) is 16.1 Å². The van der Waals surface area contributed by atoms with Crippen LogP contribution in [0.4, 0.5) is 0 Å². The zero-order chi connectivity index (χ0) is 11.4. The van der Waals surface area contributed by atoms with Gasteiger partial charge < -0.3 is 5.73 Å². The number of nitrogens with two attached hydrogens (primary N) is 1. The molecule has 0 aromatic carbocycles. The van der Waals surface area contributed by atoms with Crippen LogP contribution in [0.25, 0.3) is 10.7 Å². The lowest BCUT2D eigenvalue weighted by Crippen LogP contribution is -2.05. The smallest absolute Gasteiger partial charge is 0.192 e. The molecule has 16 heavy (non-hydrogen) atoms. The summed E-state index contributed by atoms with van der Waals surface area (Å²) in [5.74, 6) is 0.827. The van der Waals surface area contributed by atoms with Crippen LogP contribution in [0.5, 0.6) is 0 Å². The average molecular weight is 302 g/mol. The first kappa shape index (κ1) is 11.7. The zero-order valence-electron chi connectivity index (χ0n) is 8.64. The second-order valence-corrected chi connectivity index (χ2v) is 5.18. The van der Waals surface area contributed by atoms with Crippen molar-refractivity contribution in [1.29, 1.82) is 0 Å². The summed E-state index contributed by atoms with van der Waals surface area (Å²) < 4.78 is 2.89. The van der Waals surface area contributed by atoms with Crippen LogP contribution in [0, 0.1) is 0 Å². The third-order valence-corrected chi connectivity index (χ3v) is 3.83. The molecular formula is C9H12BrN5S. The molecule has 0 unspecified atom stereocenters. The number of rotatable bonds is 5. The first-order valence-electron chi connectivity index (χ1n) is 5.02. The van der Waals surface area contributed by atoms with Gasteiger partial charge in [0.1, 0.15) is 0 Å². The van der Waals surface area contributed by atoms with E-state index in [0.717, 1.165) is 34.6 Å². The molecular weight excluding hydrogens is 290 g/mol. The number of thiophene rings is 1. The molecule has 0 bridgehead atoms. The summed E-state index contributed by atoms with van der Waals surface area (Å²) in [4.78, 5) is 1.07. The molecule has 0 aliphatic carbocycles. The van der Waals surface area contributed by atoms with E-state index in [4.69, 9.17) is 5.73 Å². The van der Waals surface area contributed by atoms with E-state index in [0.29, 0.717) is 6.54 Å². The minimum atomic E-state index is 0.710. The quantitative estimate of drug-likeness (QED) is 0.857. The number of halogens is 1. The van der Waals surface area contributed by atoms with Crippen LogP contribution in [0.3, 0.4) is 0 Å². The largest absolute Gasteiger partial charge is 0.330 e. The molecule has 0 fully saturated rings. The van der Waals surface area contributed by atoms with Crippen molar-refractivity contribution in [2.24, 2.45) is 5.73 Å². The van der Waals surface area contributed by atoms with Crippen molar-refractivity contribution in [3.05, 3.63) is 15.9 Å². The fraction of sp³-hybridized carbons (Fsp3) is 0.444. The third-order valence-electron chi connectivity index (χ3n) is 2.14. The monoisotopic (exact) mass is 301 g/mol. The Kier molecular flexibility index (Phi) is 4.03. The SMILES string of the molecule is NCCCCn1nnnc1-c1cc(Br)cs1. The van der Waals surface area contributed by atoms with Crippen LogP contribution in [-0.2, 0) is 6.54 Å². The summed E-state index contributed by atoms with van der Waals surface area (Å²) in [6.07, 6.45) is 1.99. The third kappa shape index (κ3) is 2.66. The molecule has 5 nitrogen and oxygen atoms in total. The van der Waals surface area contributed by atoms with Gasteiger partial charge in [0.15, 0.2) is 5.82 Å². The molecule has 0 aliphatic rings. The van der Waals surface area contributed by atoms with Crippen LogP contribution in [0.15, 0.2) is 15.9 Å². The highest BCUT2D eigenvalue weighted by molar-refractivity contribution is 9.10. The molecule has 2 N–H and O–H groups in total. The van der Waals surface area contributed by atoms with Crippen molar-refractivity contribution in [3.63, 3.8) is 0 Å². The first-order chi connectivity index (χ1) is 7.81. The number of nitrogens with zero attached hydrogens (tertiary/aromatic N) is 4. The second kappa shape index (κ2) is 5.51. The Morgan fingerprint density at radius 2 is 2.31 bits per heavy atom. The highest BCUT2D eigenvalue weighted by atomic mass is 79.9. The molecule has 2 heterocycles. The number of aromatic nitrogens is 4. The van der Waals surface area contributed by atoms with Gasteiger partial charge in [0, 0.05) is 16.4 Å². The zero-order valence-corrected chi connectivity index (χ0v) is 11.0. The van der Waals surface area contributed by atoms with Gasteiger partial charge in [-0.2, -0.15) is 0 Å². The van der Waals surface area contributed by atoms with Crippen LogP contribution in [-0.4, -0.2) is 26.8 Å². The van der Waals surface area contributed by atoms with Crippen LogP contribution in [0.1, 0.15) is 12.8 Å². The summed E-state index contributed by atoms with van der Waals surface area (Å²) in [6, 6.07) is 2.02. The maximum Gasteiger partial charge on any atom is 0.192 e. The Labute approximate surface area is 106 Å². The molecule has 0 amide bonds. The highest BCUT2D eigenvalue weighted by Crippen LogP contribution is 2.27. The lowest BCUT2D eigenvalue weighted by molar-refractivity contribution is 0.549. The van der Waals surface area contributed by atoms with E-state index in [2.05, 4.69) is 31.5 Å². The molecule has 0 atom stereocenters. The topological polar surface area (TPSA) is 69.6 Å². The summed E-state index contributed by atoms with van der Waals surface area (Å²) in [5.41, 5.74) is 5.46. The van der Waals surface area contributed by atoms with Gasteiger partial charge in [-0.25, -0.2) is 4.68 Å².